The topological polar surface area (TPSA) is 76.1 Å². The fraction of sp³-hybridized carbons (Fsp3) is 0.190. The number of hydrogen-bond acceptors (Lipinski definition) is 5. The van der Waals surface area contributed by atoms with Crippen molar-refractivity contribution in [3.8, 4) is 5.75 Å². The van der Waals surface area contributed by atoms with Crippen LogP contribution in [0.3, 0.4) is 0 Å². The summed E-state index contributed by atoms with van der Waals surface area (Å²) in [6.07, 6.45) is 3.00. The van der Waals surface area contributed by atoms with Gasteiger partial charge in [0, 0.05) is 23.8 Å². The van der Waals surface area contributed by atoms with Gasteiger partial charge in [-0.3, -0.25) is 4.79 Å². The number of carbonyl (C=O) groups is 1. The Hall–Kier alpha value is -3.41. The Kier molecular flexibility index (Phi) is 5.66. The van der Waals surface area contributed by atoms with Gasteiger partial charge in [0.2, 0.25) is 5.95 Å². The number of aryl methyl sites for hydroxylation is 2. The smallest absolute Gasteiger partial charge is 0.258 e. The van der Waals surface area contributed by atoms with Gasteiger partial charge in [-0.2, -0.15) is 0 Å². The Balaban J connectivity index is 1.63. The number of amides is 1. The zero-order valence-electron chi connectivity index (χ0n) is 15.6. The molecule has 2 aromatic carbocycles. The predicted octanol–water partition coefficient (Wildman–Crippen LogP) is 4.49. The van der Waals surface area contributed by atoms with Crippen molar-refractivity contribution in [3.05, 3.63) is 71.5 Å². The van der Waals surface area contributed by atoms with Crippen molar-refractivity contribution < 1.29 is 9.53 Å². The van der Waals surface area contributed by atoms with Gasteiger partial charge in [0.25, 0.3) is 5.91 Å². The average molecular weight is 362 g/mol. The zero-order chi connectivity index (χ0) is 19.2. The number of hydrogen-bond donors (Lipinski definition) is 2. The summed E-state index contributed by atoms with van der Waals surface area (Å²) in [7, 11) is 0. The quantitative estimate of drug-likeness (QED) is 0.676. The molecule has 2 N–H and O–H groups in total. The van der Waals surface area contributed by atoms with Gasteiger partial charge in [0.15, 0.2) is 0 Å². The van der Waals surface area contributed by atoms with Crippen LogP contribution in [0, 0.1) is 13.8 Å². The second kappa shape index (κ2) is 8.31. The van der Waals surface area contributed by atoms with Crippen molar-refractivity contribution in [1.82, 2.24) is 9.97 Å². The molecule has 1 aromatic heterocycles. The van der Waals surface area contributed by atoms with Crippen molar-refractivity contribution >= 4 is 23.2 Å². The average Bonchev–Trinajstić information content (AvgIpc) is 2.67. The molecule has 0 saturated carbocycles. The maximum Gasteiger partial charge on any atom is 0.258 e. The molecule has 0 aliphatic heterocycles. The minimum atomic E-state index is -0.245. The maximum atomic E-state index is 12.4. The van der Waals surface area contributed by atoms with Crippen LogP contribution < -0.4 is 15.4 Å². The van der Waals surface area contributed by atoms with Gasteiger partial charge >= 0.3 is 0 Å². The van der Waals surface area contributed by atoms with Crippen LogP contribution in [-0.4, -0.2) is 22.5 Å². The van der Waals surface area contributed by atoms with Gasteiger partial charge < -0.3 is 15.4 Å². The summed E-state index contributed by atoms with van der Waals surface area (Å²) in [5.41, 5.74) is 4.29. The molecule has 0 fully saturated rings. The van der Waals surface area contributed by atoms with E-state index in [4.69, 9.17) is 4.74 Å². The normalized spacial score (nSPS) is 10.3. The van der Waals surface area contributed by atoms with Crippen LogP contribution in [0.5, 0.6) is 5.75 Å². The van der Waals surface area contributed by atoms with Crippen LogP contribution in [0.2, 0.25) is 0 Å². The highest BCUT2D eigenvalue weighted by Crippen LogP contribution is 2.18. The van der Waals surface area contributed by atoms with Gasteiger partial charge in [-0.1, -0.05) is 6.07 Å². The van der Waals surface area contributed by atoms with E-state index in [2.05, 4.69) is 20.6 Å². The van der Waals surface area contributed by atoms with Crippen molar-refractivity contribution in [2.24, 2.45) is 0 Å². The molecule has 3 rings (SSSR count). The summed E-state index contributed by atoms with van der Waals surface area (Å²) in [4.78, 5) is 20.8. The summed E-state index contributed by atoms with van der Waals surface area (Å²) in [6, 6.07) is 13.3. The van der Waals surface area contributed by atoms with Crippen LogP contribution in [0.1, 0.15) is 28.4 Å². The Morgan fingerprint density at radius 1 is 0.963 bits per heavy atom. The Bertz CT molecular complexity index is 922. The number of aromatic nitrogens is 2. The number of rotatable bonds is 6. The molecule has 0 aliphatic rings. The zero-order valence-corrected chi connectivity index (χ0v) is 15.6. The number of anilines is 3. The van der Waals surface area contributed by atoms with Crippen LogP contribution in [0.4, 0.5) is 17.3 Å². The summed E-state index contributed by atoms with van der Waals surface area (Å²) in [6.45, 7) is 6.61. The molecule has 1 heterocycles. The van der Waals surface area contributed by atoms with Crippen molar-refractivity contribution in [2.75, 3.05) is 17.2 Å². The van der Waals surface area contributed by atoms with E-state index in [-0.39, 0.29) is 5.91 Å². The number of carbonyl (C=O) groups excluding carboxylic acids is 1. The molecular formula is C21H22N4O2. The second-order valence-electron chi connectivity index (χ2n) is 6.13. The second-order valence-corrected chi connectivity index (χ2v) is 6.13. The molecule has 1 amide bonds. The summed E-state index contributed by atoms with van der Waals surface area (Å²) >= 11 is 0. The lowest BCUT2D eigenvalue weighted by molar-refractivity contribution is 0.102. The lowest BCUT2D eigenvalue weighted by Crippen LogP contribution is -2.13. The third kappa shape index (κ3) is 4.82. The Morgan fingerprint density at radius 2 is 1.63 bits per heavy atom. The first-order valence-electron chi connectivity index (χ1n) is 8.75. The number of benzene rings is 2. The first-order chi connectivity index (χ1) is 13.0. The van der Waals surface area contributed by atoms with Crippen LogP contribution in [0.15, 0.2) is 54.9 Å². The van der Waals surface area contributed by atoms with Crippen LogP contribution in [-0.2, 0) is 0 Å². The molecule has 6 heteroatoms. The Morgan fingerprint density at radius 3 is 2.26 bits per heavy atom. The first-order valence-corrected chi connectivity index (χ1v) is 8.75. The van der Waals surface area contributed by atoms with Gasteiger partial charge in [-0.25, -0.2) is 9.97 Å². The summed E-state index contributed by atoms with van der Waals surface area (Å²) in [5.74, 6) is 0.982. The number of nitrogens with one attached hydrogen (secondary N) is 2. The largest absolute Gasteiger partial charge is 0.494 e. The maximum absolute atomic E-state index is 12.4. The van der Waals surface area contributed by atoms with E-state index in [0.717, 1.165) is 22.7 Å². The van der Waals surface area contributed by atoms with E-state index in [0.29, 0.717) is 18.1 Å². The van der Waals surface area contributed by atoms with Crippen molar-refractivity contribution in [3.63, 3.8) is 0 Å². The summed E-state index contributed by atoms with van der Waals surface area (Å²) < 4.78 is 5.41. The third-order valence-electron chi connectivity index (χ3n) is 4.10. The van der Waals surface area contributed by atoms with E-state index in [1.54, 1.807) is 0 Å². The molecule has 3 aromatic rings. The third-order valence-corrected chi connectivity index (χ3v) is 4.10. The monoisotopic (exact) mass is 362 g/mol. The van der Waals surface area contributed by atoms with E-state index in [9.17, 15) is 4.79 Å². The van der Waals surface area contributed by atoms with E-state index in [1.807, 2.05) is 63.2 Å². The van der Waals surface area contributed by atoms with Gasteiger partial charge in [0.1, 0.15) is 5.75 Å². The minimum absolute atomic E-state index is 0.245. The fourth-order valence-electron chi connectivity index (χ4n) is 2.46. The molecule has 0 saturated heterocycles. The highest BCUT2D eigenvalue weighted by molar-refractivity contribution is 6.03. The molecule has 27 heavy (non-hydrogen) atoms. The molecule has 138 valence electrons. The van der Waals surface area contributed by atoms with Crippen molar-refractivity contribution in [2.45, 2.75) is 20.8 Å². The molecule has 0 radical (unpaired) electrons. The minimum Gasteiger partial charge on any atom is -0.494 e. The molecule has 0 aliphatic carbocycles. The molecule has 0 bridgehead atoms. The van der Waals surface area contributed by atoms with Gasteiger partial charge in [-0.15, -0.1) is 0 Å². The van der Waals surface area contributed by atoms with E-state index < -0.39 is 0 Å². The van der Waals surface area contributed by atoms with Crippen molar-refractivity contribution in [1.29, 1.82) is 0 Å². The Labute approximate surface area is 158 Å². The molecule has 0 unspecified atom stereocenters. The highest BCUT2D eigenvalue weighted by atomic mass is 16.5. The number of ether oxygens (including phenoxy) is 1. The molecular weight excluding hydrogens is 340 g/mol. The van der Waals surface area contributed by atoms with Crippen LogP contribution >= 0.6 is 0 Å². The van der Waals surface area contributed by atoms with Crippen LogP contribution in [0.25, 0.3) is 0 Å². The summed E-state index contributed by atoms with van der Waals surface area (Å²) in [5, 5.41) is 5.95. The van der Waals surface area contributed by atoms with E-state index in [1.165, 1.54) is 18.0 Å². The highest BCUT2D eigenvalue weighted by Gasteiger charge is 2.08. The lowest BCUT2D eigenvalue weighted by atomic mass is 10.1. The standard InChI is InChI=1S/C21H22N4O2/c1-4-27-19-9-7-17(8-10-19)25-21-22-12-16(13-23-21)20(26)24-18-6-5-14(2)15(3)11-18/h5-13H,4H2,1-3H3,(H,24,26)(H,22,23,25). The molecule has 0 atom stereocenters. The SMILES string of the molecule is CCOc1ccc(Nc2ncc(C(=O)Nc3ccc(C)c(C)c3)cn2)cc1. The van der Waals surface area contributed by atoms with E-state index >= 15 is 0 Å². The predicted molar refractivity (Wildman–Crippen MR) is 107 cm³/mol. The molecule has 6 nitrogen and oxygen atoms in total. The van der Waals surface area contributed by atoms with Gasteiger partial charge in [-0.05, 0) is 68.3 Å². The first kappa shape index (κ1) is 18.4. The lowest BCUT2D eigenvalue weighted by Gasteiger charge is -2.09. The number of nitrogens with zero attached hydrogens (tertiary/aromatic N) is 2. The van der Waals surface area contributed by atoms with Gasteiger partial charge in [0.05, 0.1) is 12.2 Å². The molecule has 0 spiro atoms. The fourth-order valence-corrected chi connectivity index (χ4v) is 2.46.